The quantitative estimate of drug-likeness (QED) is 0.211. The van der Waals surface area contributed by atoms with E-state index in [1.165, 1.54) is 10.8 Å². The average molecular weight is 495 g/mol. The predicted molar refractivity (Wildman–Crippen MR) is 157 cm³/mol. The molecule has 2 heterocycles. The van der Waals surface area contributed by atoms with Crippen LogP contribution < -0.4 is 10.9 Å². The topological polar surface area (TPSA) is 34.1 Å². The van der Waals surface area contributed by atoms with E-state index in [1.807, 2.05) is 36.4 Å². The number of rotatable bonds is 0. The van der Waals surface area contributed by atoms with Crippen molar-refractivity contribution in [2.24, 2.45) is 0 Å². The van der Waals surface area contributed by atoms with Gasteiger partial charge in [-0.15, -0.1) is 22.7 Å². The van der Waals surface area contributed by atoms with Crippen LogP contribution >= 0.6 is 22.7 Å². The Bertz CT molecular complexity index is 2340. The molecule has 0 amide bonds. The van der Waals surface area contributed by atoms with E-state index < -0.39 is 0 Å². The maximum Gasteiger partial charge on any atom is 0.204 e. The summed E-state index contributed by atoms with van der Waals surface area (Å²) in [6.07, 6.45) is 0. The van der Waals surface area contributed by atoms with E-state index in [-0.39, 0.29) is 10.9 Å². The monoisotopic (exact) mass is 494 g/mol. The van der Waals surface area contributed by atoms with Gasteiger partial charge in [0.2, 0.25) is 10.9 Å². The molecule has 0 N–H and O–H groups in total. The van der Waals surface area contributed by atoms with Crippen LogP contribution in [0.15, 0.2) is 94.5 Å². The van der Waals surface area contributed by atoms with Crippen LogP contribution in [0, 0.1) is 0 Å². The molecule has 0 saturated heterocycles. The smallest absolute Gasteiger partial charge is 0.204 e. The van der Waals surface area contributed by atoms with Gasteiger partial charge in [0.15, 0.2) is 0 Å². The molecule has 0 aliphatic carbocycles. The van der Waals surface area contributed by atoms with Gasteiger partial charge >= 0.3 is 0 Å². The summed E-state index contributed by atoms with van der Waals surface area (Å²) < 4.78 is 3.80. The van der Waals surface area contributed by atoms with Crippen molar-refractivity contribution >= 4 is 106 Å². The minimum Gasteiger partial charge on any atom is -0.288 e. The van der Waals surface area contributed by atoms with E-state index in [1.54, 1.807) is 22.7 Å². The van der Waals surface area contributed by atoms with Gasteiger partial charge < -0.3 is 0 Å². The Labute approximate surface area is 210 Å². The summed E-state index contributed by atoms with van der Waals surface area (Å²) in [5.41, 5.74) is 0.137. The van der Waals surface area contributed by atoms with Gasteiger partial charge in [0, 0.05) is 41.7 Å². The van der Waals surface area contributed by atoms with Gasteiger partial charge in [-0.05, 0) is 68.7 Å². The molecule has 7 aromatic carbocycles. The highest BCUT2D eigenvalue weighted by Gasteiger charge is 2.22. The van der Waals surface area contributed by atoms with Crippen LogP contribution in [0.4, 0.5) is 0 Å². The second kappa shape index (κ2) is 6.35. The van der Waals surface area contributed by atoms with E-state index in [4.69, 9.17) is 0 Å². The lowest BCUT2D eigenvalue weighted by atomic mass is 10.0. The van der Waals surface area contributed by atoms with Crippen molar-refractivity contribution in [2.45, 2.75) is 0 Å². The van der Waals surface area contributed by atoms with Crippen molar-refractivity contribution in [3.05, 3.63) is 105 Å². The SMILES string of the molecule is O=c1c2cc3c(cc2c2c1sc1cc4ccccc4cc12)c(=O)c1sc2cc4ccccc4cc2c13. The summed E-state index contributed by atoms with van der Waals surface area (Å²) >= 11 is 3.13. The molecule has 0 spiro atoms. The second-order valence-electron chi connectivity index (χ2n) is 9.61. The lowest BCUT2D eigenvalue weighted by molar-refractivity contribution is 1.82. The molecule has 166 valence electrons. The Hall–Kier alpha value is -4.12. The Morgan fingerprint density at radius 2 is 0.806 bits per heavy atom. The van der Waals surface area contributed by atoms with E-state index in [0.717, 1.165) is 61.9 Å². The van der Waals surface area contributed by atoms with Crippen LogP contribution in [0.5, 0.6) is 0 Å². The fourth-order valence-corrected chi connectivity index (χ4v) is 8.46. The van der Waals surface area contributed by atoms with E-state index in [9.17, 15) is 9.59 Å². The maximum absolute atomic E-state index is 13.6. The second-order valence-corrected chi connectivity index (χ2v) is 11.7. The molecule has 4 heteroatoms. The van der Waals surface area contributed by atoms with Crippen LogP contribution in [0.25, 0.3) is 83.4 Å². The van der Waals surface area contributed by atoms with Gasteiger partial charge in [0.25, 0.3) is 0 Å². The molecular weight excluding hydrogens is 480 g/mol. The minimum atomic E-state index is 0.0685. The Morgan fingerprint density at radius 1 is 0.417 bits per heavy atom. The fourth-order valence-electron chi connectivity index (χ4n) is 6.05. The first-order valence-corrected chi connectivity index (χ1v) is 13.5. The molecule has 0 fully saturated rings. The number of hydrogen-bond donors (Lipinski definition) is 0. The molecular formula is C32H14O2S2. The molecule has 0 saturated carbocycles. The van der Waals surface area contributed by atoms with E-state index in [0.29, 0.717) is 10.8 Å². The summed E-state index contributed by atoms with van der Waals surface area (Å²) in [7, 11) is 0. The van der Waals surface area contributed by atoms with Crippen molar-refractivity contribution < 1.29 is 0 Å². The number of thiophene rings is 2. The first-order chi connectivity index (χ1) is 17.7. The molecule has 0 aliphatic rings. The maximum atomic E-state index is 13.6. The third kappa shape index (κ3) is 2.22. The predicted octanol–water partition coefficient (Wildman–Crippen LogP) is 8.63. The van der Waals surface area contributed by atoms with Crippen molar-refractivity contribution in [1.82, 2.24) is 0 Å². The number of benzene rings is 5. The molecule has 0 aliphatic heterocycles. The zero-order valence-corrected chi connectivity index (χ0v) is 20.3. The van der Waals surface area contributed by atoms with Crippen LogP contribution in [-0.2, 0) is 0 Å². The summed E-state index contributed by atoms with van der Waals surface area (Å²) in [4.78, 5) is 27.3. The third-order valence-corrected chi connectivity index (χ3v) is 10.0. The lowest BCUT2D eigenvalue weighted by Crippen LogP contribution is -1.94. The van der Waals surface area contributed by atoms with Crippen molar-refractivity contribution in [3.8, 4) is 0 Å². The van der Waals surface area contributed by atoms with Crippen LogP contribution in [0.3, 0.4) is 0 Å². The lowest BCUT2D eigenvalue weighted by Gasteiger charge is -2.00. The largest absolute Gasteiger partial charge is 0.288 e. The first-order valence-electron chi connectivity index (χ1n) is 11.8. The van der Waals surface area contributed by atoms with Crippen LogP contribution in [-0.4, -0.2) is 0 Å². The highest BCUT2D eigenvalue weighted by Crippen LogP contribution is 2.44. The molecule has 2 nitrogen and oxygen atoms in total. The molecule has 36 heavy (non-hydrogen) atoms. The van der Waals surface area contributed by atoms with Gasteiger partial charge in [-0.3, -0.25) is 9.59 Å². The highest BCUT2D eigenvalue weighted by atomic mass is 32.1. The summed E-state index contributed by atoms with van der Waals surface area (Å²) in [6.45, 7) is 0. The average Bonchev–Trinajstić information content (AvgIpc) is 3.60. The summed E-state index contributed by atoms with van der Waals surface area (Å²) in [5.74, 6) is 0. The fraction of sp³-hybridized carbons (Fsp3) is 0. The standard InChI is InChI=1S/C32H14O2S2/c33-29-21-14-20-22(30(34)32-28(20)24-10-16-6-2-4-8-18(16)12-26(24)36-32)13-19(21)27-23-9-15-5-1-3-7-17(15)11-25(23)35-31(27)29/h1-14H. The van der Waals surface area contributed by atoms with Crippen molar-refractivity contribution in [1.29, 1.82) is 0 Å². The zero-order valence-electron chi connectivity index (χ0n) is 18.7. The highest BCUT2D eigenvalue weighted by molar-refractivity contribution is 7.26. The first kappa shape index (κ1) is 19.1. The van der Waals surface area contributed by atoms with Gasteiger partial charge in [0.05, 0.1) is 9.40 Å². The van der Waals surface area contributed by atoms with Crippen LogP contribution in [0.2, 0.25) is 0 Å². The van der Waals surface area contributed by atoms with Gasteiger partial charge in [-0.1, -0.05) is 48.5 Å². The third-order valence-electron chi connectivity index (χ3n) is 7.71. The van der Waals surface area contributed by atoms with Gasteiger partial charge in [-0.2, -0.15) is 0 Å². The molecule has 0 radical (unpaired) electrons. The number of hydrogen-bond acceptors (Lipinski definition) is 4. The Balaban J connectivity index is 1.46. The van der Waals surface area contributed by atoms with Crippen molar-refractivity contribution in [3.63, 3.8) is 0 Å². The Morgan fingerprint density at radius 3 is 1.22 bits per heavy atom. The minimum absolute atomic E-state index is 0.0685. The molecule has 0 bridgehead atoms. The molecule has 0 atom stereocenters. The molecule has 2 aromatic heterocycles. The van der Waals surface area contributed by atoms with E-state index in [2.05, 4.69) is 48.5 Å². The summed E-state index contributed by atoms with van der Waals surface area (Å²) in [5, 5.41) is 12.0. The van der Waals surface area contributed by atoms with Crippen molar-refractivity contribution in [2.75, 3.05) is 0 Å². The normalized spacial score (nSPS) is 12.7. The molecule has 0 unspecified atom stereocenters. The van der Waals surface area contributed by atoms with Crippen LogP contribution in [0.1, 0.15) is 0 Å². The molecule has 9 aromatic rings. The van der Waals surface area contributed by atoms with E-state index >= 15 is 0 Å². The zero-order chi connectivity index (χ0) is 23.7. The Kier molecular flexibility index (Phi) is 3.37. The number of fused-ring (bicyclic) bond motifs is 12. The molecule has 9 rings (SSSR count). The summed E-state index contributed by atoms with van der Waals surface area (Å²) in [6, 6.07) is 29.3. The van der Waals surface area contributed by atoms with Gasteiger partial charge in [0.1, 0.15) is 0 Å². The van der Waals surface area contributed by atoms with Gasteiger partial charge in [-0.25, -0.2) is 0 Å².